The van der Waals surface area contributed by atoms with Crippen LogP contribution in [0.25, 0.3) is 0 Å². The van der Waals surface area contributed by atoms with Gasteiger partial charge in [0.05, 0.1) is 6.61 Å². The van der Waals surface area contributed by atoms with Crippen LogP contribution >= 0.6 is 0 Å². The first-order chi connectivity index (χ1) is 10.1. The van der Waals surface area contributed by atoms with Crippen molar-refractivity contribution < 1.29 is 9.53 Å². The lowest BCUT2D eigenvalue weighted by atomic mass is 9.68. The van der Waals surface area contributed by atoms with Crippen LogP contribution in [0.3, 0.4) is 0 Å². The lowest BCUT2D eigenvalue weighted by Gasteiger charge is -2.44. The van der Waals surface area contributed by atoms with E-state index in [1.165, 1.54) is 12.0 Å². The molecule has 1 N–H and O–H groups in total. The summed E-state index contributed by atoms with van der Waals surface area (Å²) < 4.78 is 5.39. The zero-order valence-corrected chi connectivity index (χ0v) is 13.4. The Kier molecular flexibility index (Phi) is 5.40. The highest BCUT2D eigenvalue weighted by Crippen LogP contribution is 2.38. The number of carbonyl (C=O) groups excluding carboxylic acids is 1. The van der Waals surface area contributed by atoms with Gasteiger partial charge in [0.25, 0.3) is 0 Å². The molecule has 0 amide bonds. The average Bonchev–Trinajstić information content (AvgIpc) is 2.50. The molecule has 0 aromatic heterocycles. The molecule has 1 aromatic carbocycles. The van der Waals surface area contributed by atoms with Crippen molar-refractivity contribution >= 4 is 5.97 Å². The Morgan fingerprint density at radius 2 is 2.05 bits per heavy atom. The SMILES string of the molecule is CCOC(=O)C1(NCc2ccccc2)CCCC(C)C1C. The van der Waals surface area contributed by atoms with Crippen LogP contribution in [0.15, 0.2) is 30.3 Å². The van der Waals surface area contributed by atoms with E-state index >= 15 is 0 Å². The Labute approximate surface area is 128 Å². The number of hydrogen-bond acceptors (Lipinski definition) is 3. The Balaban J connectivity index is 2.17. The van der Waals surface area contributed by atoms with Crippen LogP contribution in [0, 0.1) is 11.8 Å². The molecule has 1 aliphatic rings. The van der Waals surface area contributed by atoms with Gasteiger partial charge in [-0.05, 0) is 30.7 Å². The molecule has 3 atom stereocenters. The molecule has 0 saturated heterocycles. The standard InChI is InChI=1S/C18H27NO2/c1-4-21-17(20)18(12-8-9-14(2)15(18)3)19-13-16-10-6-5-7-11-16/h5-7,10-11,14-15,19H,4,8-9,12-13H2,1-3H3. The molecule has 1 saturated carbocycles. The summed E-state index contributed by atoms with van der Waals surface area (Å²) in [5.41, 5.74) is 0.662. The molecule has 3 nitrogen and oxygen atoms in total. The van der Waals surface area contributed by atoms with Crippen LogP contribution in [-0.4, -0.2) is 18.1 Å². The van der Waals surface area contributed by atoms with Crippen LogP contribution in [0.2, 0.25) is 0 Å². The first-order valence-corrected chi connectivity index (χ1v) is 8.06. The Morgan fingerprint density at radius 1 is 1.33 bits per heavy atom. The molecule has 3 unspecified atom stereocenters. The molecule has 3 heteroatoms. The van der Waals surface area contributed by atoms with Crippen molar-refractivity contribution in [3.05, 3.63) is 35.9 Å². The highest BCUT2D eigenvalue weighted by molar-refractivity contribution is 5.81. The number of ether oxygens (including phenoxy) is 1. The minimum atomic E-state index is -0.538. The van der Waals surface area contributed by atoms with Crippen molar-refractivity contribution in [2.75, 3.05) is 6.61 Å². The summed E-state index contributed by atoms with van der Waals surface area (Å²) in [5, 5.41) is 3.54. The summed E-state index contributed by atoms with van der Waals surface area (Å²) in [4.78, 5) is 12.6. The quantitative estimate of drug-likeness (QED) is 0.843. The van der Waals surface area contributed by atoms with Crippen molar-refractivity contribution in [3.63, 3.8) is 0 Å². The van der Waals surface area contributed by atoms with Gasteiger partial charge in [0.15, 0.2) is 0 Å². The van der Waals surface area contributed by atoms with Crippen molar-refractivity contribution in [1.29, 1.82) is 0 Å². The molecule has 0 radical (unpaired) electrons. The van der Waals surface area contributed by atoms with Gasteiger partial charge < -0.3 is 4.74 Å². The van der Waals surface area contributed by atoms with Gasteiger partial charge in [-0.15, -0.1) is 0 Å². The van der Waals surface area contributed by atoms with Crippen molar-refractivity contribution in [3.8, 4) is 0 Å². The molecule has 1 aromatic rings. The first kappa shape index (κ1) is 16.0. The fourth-order valence-electron chi connectivity index (χ4n) is 3.39. The second kappa shape index (κ2) is 7.08. The van der Waals surface area contributed by atoms with Gasteiger partial charge in [-0.3, -0.25) is 10.1 Å². The van der Waals surface area contributed by atoms with Crippen LogP contribution in [0.4, 0.5) is 0 Å². The van der Waals surface area contributed by atoms with Crippen LogP contribution in [0.5, 0.6) is 0 Å². The number of esters is 1. The number of nitrogens with one attached hydrogen (secondary N) is 1. The normalized spacial score (nSPS) is 29.1. The summed E-state index contributed by atoms with van der Waals surface area (Å²) in [5.74, 6) is 0.737. The fourth-order valence-corrected chi connectivity index (χ4v) is 3.39. The molecule has 2 rings (SSSR count). The van der Waals surface area contributed by atoms with Gasteiger partial charge >= 0.3 is 5.97 Å². The predicted octanol–water partition coefficient (Wildman–Crippen LogP) is 3.53. The summed E-state index contributed by atoms with van der Waals surface area (Å²) in [6.45, 7) is 7.44. The van der Waals surface area contributed by atoms with Crippen LogP contribution in [-0.2, 0) is 16.1 Å². The van der Waals surface area contributed by atoms with E-state index in [1.54, 1.807) is 0 Å². The highest BCUT2D eigenvalue weighted by atomic mass is 16.5. The molecule has 21 heavy (non-hydrogen) atoms. The van der Waals surface area contributed by atoms with Crippen molar-refractivity contribution in [1.82, 2.24) is 5.32 Å². The zero-order valence-electron chi connectivity index (χ0n) is 13.4. The number of hydrogen-bond donors (Lipinski definition) is 1. The van der Waals surface area contributed by atoms with Crippen LogP contribution in [0.1, 0.15) is 45.6 Å². The molecule has 1 fully saturated rings. The van der Waals surface area contributed by atoms with Crippen LogP contribution < -0.4 is 5.32 Å². The van der Waals surface area contributed by atoms with E-state index in [-0.39, 0.29) is 11.9 Å². The third-order valence-corrected chi connectivity index (χ3v) is 4.95. The maximum Gasteiger partial charge on any atom is 0.326 e. The van der Waals surface area contributed by atoms with Gasteiger partial charge in [0.1, 0.15) is 5.54 Å². The summed E-state index contributed by atoms with van der Waals surface area (Å²) in [6.07, 6.45) is 3.13. The summed E-state index contributed by atoms with van der Waals surface area (Å²) in [6, 6.07) is 10.2. The lowest BCUT2D eigenvalue weighted by molar-refractivity contribution is -0.157. The summed E-state index contributed by atoms with van der Waals surface area (Å²) >= 11 is 0. The smallest absolute Gasteiger partial charge is 0.326 e. The molecular weight excluding hydrogens is 262 g/mol. The second-order valence-corrected chi connectivity index (χ2v) is 6.19. The first-order valence-electron chi connectivity index (χ1n) is 8.06. The van der Waals surface area contributed by atoms with E-state index in [1.807, 2.05) is 25.1 Å². The average molecular weight is 289 g/mol. The summed E-state index contributed by atoms with van der Waals surface area (Å²) in [7, 11) is 0. The Morgan fingerprint density at radius 3 is 2.71 bits per heavy atom. The van der Waals surface area contributed by atoms with Crippen molar-refractivity contribution in [2.45, 2.75) is 52.1 Å². The zero-order chi connectivity index (χ0) is 15.3. The number of benzene rings is 1. The molecule has 0 spiro atoms. The molecular formula is C18H27NO2. The third-order valence-electron chi connectivity index (χ3n) is 4.95. The minimum Gasteiger partial charge on any atom is -0.465 e. The van der Waals surface area contributed by atoms with E-state index in [0.29, 0.717) is 19.1 Å². The maximum absolute atomic E-state index is 12.6. The molecule has 0 heterocycles. The van der Waals surface area contributed by atoms with E-state index in [4.69, 9.17) is 4.74 Å². The largest absolute Gasteiger partial charge is 0.465 e. The topological polar surface area (TPSA) is 38.3 Å². The number of rotatable bonds is 5. The van der Waals surface area contributed by atoms with E-state index in [9.17, 15) is 4.79 Å². The Bertz CT molecular complexity index is 460. The Hall–Kier alpha value is -1.35. The lowest BCUT2D eigenvalue weighted by Crippen LogP contribution is -2.60. The van der Waals surface area contributed by atoms with Crippen molar-refractivity contribution in [2.24, 2.45) is 11.8 Å². The van der Waals surface area contributed by atoms with Gasteiger partial charge in [0, 0.05) is 6.54 Å². The molecule has 0 aliphatic heterocycles. The minimum absolute atomic E-state index is 0.0834. The van der Waals surface area contributed by atoms with Gasteiger partial charge in [0.2, 0.25) is 0 Å². The second-order valence-electron chi connectivity index (χ2n) is 6.19. The van der Waals surface area contributed by atoms with Gasteiger partial charge in [-0.25, -0.2) is 0 Å². The van der Waals surface area contributed by atoms with E-state index in [0.717, 1.165) is 12.8 Å². The monoisotopic (exact) mass is 289 g/mol. The van der Waals surface area contributed by atoms with Gasteiger partial charge in [-0.1, -0.05) is 57.0 Å². The molecule has 116 valence electrons. The van der Waals surface area contributed by atoms with E-state index < -0.39 is 5.54 Å². The van der Waals surface area contributed by atoms with Gasteiger partial charge in [-0.2, -0.15) is 0 Å². The molecule has 1 aliphatic carbocycles. The van der Waals surface area contributed by atoms with E-state index in [2.05, 4.69) is 31.3 Å². The highest BCUT2D eigenvalue weighted by Gasteiger charge is 2.48. The maximum atomic E-state index is 12.6. The molecule has 0 bridgehead atoms. The fraction of sp³-hybridized carbons (Fsp3) is 0.611. The predicted molar refractivity (Wildman–Crippen MR) is 84.8 cm³/mol. The number of carbonyl (C=O) groups is 1. The third kappa shape index (κ3) is 3.46.